The molecule has 3 aromatic heterocycles. The molecule has 6 aromatic rings. The number of imidazole rings is 1. The molecule has 3 aromatic carbocycles. The first-order chi connectivity index (χ1) is 14.8. The fourth-order valence-electron chi connectivity index (χ4n) is 4.10. The number of rotatable bonds is 2. The molecule has 0 spiro atoms. The third-order valence-electron chi connectivity index (χ3n) is 5.39. The number of nitrogens with zero attached hydrogens (tertiary/aromatic N) is 4. The molecule has 0 atom stereocenters. The Hall–Kier alpha value is -4.25. The number of benzene rings is 3. The van der Waals surface area contributed by atoms with Gasteiger partial charge in [0, 0.05) is 28.9 Å². The van der Waals surface area contributed by atoms with Crippen LogP contribution in [-0.4, -0.2) is 24.6 Å². The minimum absolute atomic E-state index is 0.190. The molecule has 30 heavy (non-hydrogen) atoms. The summed E-state index contributed by atoms with van der Waals surface area (Å²) in [7, 11) is 0. The fraction of sp³-hybridized carbons (Fsp3) is 0. The van der Waals surface area contributed by atoms with Crippen molar-refractivity contribution in [2.45, 2.75) is 0 Å². The van der Waals surface area contributed by atoms with E-state index in [0.717, 1.165) is 38.5 Å². The van der Waals surface area contributed by atoms with Crippen LogP contribution < -0.4 is 0 Å². The van der Waals surface area contributed by atoms with Gasteiger partial charge in [0.1, 0.15) is 11.6 Å². The molecule has 5 nitrogen and oxygen atoms in total. The van der Waals surface area contributed by atoms with Gasteiger partial charge in [0.25, 0.3) is 0 Å². The lowest BCUT2D eigenvalue weighted by Crippen LogP contribution is -1.98. The second-order valence-electron chi connectivity index (χ2n) is 7.12. The van der Waals surface area contributed by atoms with Crippen molar-refractivity contribution in [2.75, 3.05) is 0 Å². The van der Waals surface area contributed by atoms with Crippen LogP contribution in [0.25, 0.3) is 49.9 Å². The van der Waals surface area contributed by atoms with Crippen LogP contribution in [0.3, 0.4) is 0 Å². The molecule has 3 heterocycles. The van der Waals surface area contributed by atoms with E-state index in [4.69, 9.17) is 4.98 Å². The number of fused-ring (bicyclic) bond motifs is 6. The normalized spacial score (nSPS) is 11.5. The second-order valence-corrected chi connectivity index (χ2v) is 7.12. The fourth-order valence-corrected chi connectivity index (χ4v) is 4.10. The summed E-state index contributed by atoms with van der Waals surface area (Å²) in [6, 6.07) is 25.3. The Balaban J connectivity index is 1.90. The van der Waals surface area contributed by atoms with Crippen molar-refractivity contribution in [2.24, 2.45) is 0 Å². The van der Waals surface area contributed by atoms with Crippen LogP contribution in [0, 0.1) is 0 Å². The Kier molecular flexibility index (Phi) is 3.55. The first-order valence-corrected chi connectivity index (χ1v) is 9.70. The van der Waals surface area contributed by atoms with Gasteiger partial charge in [-0.25, -0.2) is 4.98 Å². The molecule has 5 heteroatoms. The highest BCUT2D eigenvalue weighted by Crippen LogP contribution is 2.39. The van der Waals surface area contributed by atoms with Crippen LogP contribution in [0.5, 0.6) is 5.75 Å². The lowest BCUT2D eigenvalue weighted by atomic mass is 10.1. The molecule has 0 unspecified atom stereocenters. The highest BCUT2D eigenvalue weighted by molar-refractivity contribution is 6.21. The van der Waals surface area contributed by atoms with Crippen LogP contribution in [0.4, 0.5) is 0 Å². The zero-order valence-corrected chi connectivity index (χ0v) is 15.9. The Labute approximate surface area is 171 Å². The predicted molar refractivity (Wildman–Crippen MR) is 119 cm³/mol. The molecule has 1 N–H and O–H groups in total. The molecule has 0 bridgehead atoms. The number of para-hydroxylation sites is 2. The molecule has 0 saturated carbocycles. The van der Waals surface area contributed by atoms with E-state index >= 15 is 0 Å². The molecule has 0 radical (unpaired) electrons. The molecule has 6 rings (SSSR count). The molecule has 0 saturated heterocycles. The van der Waals surface area contributed by atoms with Crippen molar-refractivity contribution < 1.29 is 5.11 Å². The highest BCUT2D eigenvalue weighted by Gasteiger charge is 2.21. The first-order valence-electron chi connectivity index (χ1n) is 9.70. The van der Waals surface area contributed by atoms with E-state index in [9.17, 15) is 5.11 Å². The molecule has 0 aliphatic carbocycles. The Morgan fingerprint density at radius 3 is 2.07 bits per heavy atom. The van der Waals surface area contributed by atoms with E-state index in [0.29, 0.717) is 11.4 Å². The van der Waals surface area contributed by atoms with Crippen molar-refractivity contribution in [3.63, 3.8) is 0 Å². The summed E-state index contributed by atoms with van der Waals surface area (Å²) in [6.45, 7) is 0. The van der Waals surface area contributed by atoms with Gasteiger partial charge in [0.15, 0.2) is 0 Å². The van der Waals surface area contributed by atoms with Crippen LogP contribution in [0.1, 0.15) is 0 Å². The average molecular weight is 388 g/mol. The molecular formula is C25H16N4O. The smallest absolute Gasteiger partial charge is 0.149 e. The van der Waals surface area contributed by atoms with Gasteiger partial charge in [0.05, 0.1) is 27.6 Å². The SMILES string of the molecule is Oc1ccccc1-c1nc2c3cccnc3c3ncccc3c2n1-c1ccccc1. The van der Waals surface area contributed by atoms with E-state index < -0.39 is 0 Å². The van der Waals surface area contributed by atoms with Crippen LogP contribution in [-0.2, 0) is 0 Å². The third-order valence-corrected chi connectivity index (χ3v) is 5.39. The lowest BCUT2D eigenvalue weighted by Gasteiger charge is -2.12. The van der Waals surface area contributed by atoms with Crippen molar-refractivity contribution in [1.29, 1.82) is 0 Å². The number of aromatic hydroxyl groups is 1. The van der Waals surface area contributed by atoms with Gasteiger partial charge in [-0.05, 0) is 48.5 Å². The monoisotopic (exact) mass is 388 g/mol. The summed E-state index contributed by atoms with van der Waals surface area (Å²) in [4.78, 5) is 14.3. The average Bonchev–Trinajstić information content (AvgIpc) is 3.21. The predicted octanol–water partition coefficient (Wildman–Crippen LogP) is 5.49. The third kappa shape index (κ3) is 2.32. The number of aromatic nitrogens is 4. The maximum Gasteiger partial charge on any atom is 0.149 e. The standard InChI is InChI=1S/C25H16N4O/c30-20-13-5-4-10-17(20)25-28-23-18-11-6-14-26-21(18)22-19(12-7-15-27-22)24(23)29(25)16-8-2-1-3-9-16/h1-15,30H. The zero-order valence-electron chi connectivity index (χ0n) is 15.9. The van der Waals surface area contributed by atoms with Gasteiger partial charge in [-0.15, -0.1) is 0 Å². The minimum Gasteiger partial charge on any atom is -0.507 e. The number of phenolic OH excluding ortho intramolecular Hbond substituents is 1. The number of hydrogen-bond acceptors (Lipinski definition) is 4. The molecule has 142 valence electrons. The van der Waals surface area contributed by atoms with Crippen molar-refractivity contribution in [3.8, 4) is 22.8 Å². The van der Waals surface area contributed by atoms with Gasteiger partial charge >= 0.3 is 0 Å². The van der Waals surface area contributed by atoms with Gasteiger partial charge in [-0.2, -0.15) is 0 Å². The van der Waals surface area contributed by atoms with Gasteiger partial charge in [-0.3, -0.25) is 14.5 Å². The Morgan fingerprint density at radius 1 is 0.633 bits per heavy atom. The summed E-state index contributed by atoms with van der Waals surface area (Å²) in [5.74, 6) is 0.866. The molecule has 0 fully saturated rings. The summed E-state index contributed by atoms with van der Waals surface area (Å²) in [5, 5.41) is 12.5. The Bertz CT molecular complexity index is 1550. The van der Waals surface area contributed by atoms with Gasteiger partial charge in [-0.1, -0.05) is 30.3 Å². The number of hydrogen-bond donors (Lipinski definition) is 1. The summed E-state index contributed by atoms with van der Waals surface area (Å²) >= 11 is 0. The molecule has 0 aliphatic heterocycles. The summed E-state index contributed by atoms with van der Waals surface area (Å²) in [6.07, 6.45) is 3.57. The van der Waals surface area contributed by atoms with E-state index in [1.54, 1.807) is 18.5 Å². The number of phenols is 1. The molecule has 0 aliphatic rings. The maximum absolute atomic E-state index is 10.6. The van der Waals surface area contributed by atoms with E-state index in [1.807, 2.05) is 66.7 Å². The van der Waals surface area contributed by atoms with E-state index in [1.165, 1.54) is 0 Å². The second kappa shape index (κ2) is 6.39. The topological polar surface area (TPSA) is 63.8 Å². The highest BCUT2D eigenvalue weighted by atomic mass is 16.3. The van der Waals surface area contributed by atoms with Crippen LogP contribution in [0.15, 0.2) is 91.3 Å². The largest absolute Gasteiger partial charge is 0.507 e. The van der Waals surface area contributed by atoms with Gasteiger partial charge < -0.3 is 5.11 Å². The maximum atomic E-state index is 10.6. The van der Waals surface area contributed by atoms with E-state index in [-0.39, 0.29) is 5.75 Å². The Morgan fingerprint density at radius 2 is 1.30 bits per heavy atom. The quantitative estimate of drug-likeness (QED) is 0.398. The molecular weight excluding hydrogens is 372 g/mol. The van der Waals surface area contributed by atoms with Gasteiger partial charge in [0.2, 0.25) is 0 Å². The summed E-state index contributed by atoms with van der Waals surface area (Å²) in [5.41, 5.74) is 5.07. The lowest BCUT2D eigenvalue weighted by molar-refractivity contribution is 0.477. The number of pyridine rings is 2. The van der Waals surface area contributed by atoms with Crippen LogP contribution in [0.2, 0.25) is 0 Å². The van der Waals surface area contributed by atoms with Crippen LogP contribution >= 0.6 is 0 Å². The van der Waals surface area contributed by atoms with E-state index in [2.05, 4.69) is 20.6 Å². The zero-order chi connectivity index (χ0) is 20.1. The summed E-state index contributed by atoms with van der Waals surface area (Å²) < 4.78 is 2.10. The van der Waals surface area contributed by atoms with Crippen molar-refractivity contribution in [1.82, 2.24) is 19.5 Å². The van der Waals surface area contributed by atoms with Crippen molar-refractivity contribution in [3.05, 3.63) is 91.3 Å². The first kappa shape index (κ1) is 16.7. The molecule has 0 amide bonds. The van der Waals surface area contributed by atoms with Crippen molar-refractivity contribution >= 4 is 32.8 Å². The minimum atomic E-state index is 0.190.